The molecule has 3 rings (SSSR count). The maximum atomic E-state index is 12.1. The van der Waals surface area contributed by atoms with Gasteiger partial charge in [0.25, 0.3) is 0 Å². The number of halogens is 1. The Morgan fingerprint density at radius 3 is 2.76 bits per heavy atom. The molecular weight excluding hydrogens is 326 g/mol. The third-order valence-electron chi connectivity index (χ3n) is 2.86. The third kappa shape index (κ3) is 2.85. The van der Waals surface area contributed by atoms with Gasteiger partial charge in [0.2, 0.25) is 0 Å². The number of hydrogen-bond donors (Lipinski definition) is 0. The number of carbonyl (C=O) groups is 1. The third-order valence-corrected chi connectivity index (χ3v) is 5.50. The first kappa shape index (κ1) is 14.3. The molecule has 2 aromatic heterocycles. The number of thiophene rings is 2. The molecule has 1 aromatic carbocycles. The molecule has 0 amide bonds. The largest absolute Gasteiger partial charge is 0.377 e. The standard InChI is InChI=1S/C15H10ClNO2S2/c1-9(11-7-4-8-20-11)17-19-15(18)14-13(16)10-5-2-3-6-12(10)21-14/h2-8H,1H3/b17-9-. The molecule has 0 saturated carbocycles. The van der Waals surface area contributed by atoms with E-state index in [9.17, 15) is 4.79 Å². The second kappa shape index (κ2) is 5.97. The number of carbonyl (C=O) groups excluding carboxylic acids is 1. The first-order valence-corrected chi connectivity index (χ1v) is 8.21. The number of benzene rings is 1. The zero-order valence-electron chi connectivity index (χ0n) is 11.0. The first-order valence-electron chi connectivity index (χ1n) is 6.13. The summed E-state index contributed by atoms with van der Waals surface area (Å²) < 4.78 is 0.952. The fourth-order valence-corrected chi connectivity index (χ4v) is 3.88. The van der Waals surface area contributed by atoms with E-state index in [1.54, 1.807) is 6.92 Å². The predicted octanol–water partition coefficient (Wildman–Crippen LogP) is 5.20. The van der Waals surface area contributed by atoms with Crippen LogP contribution in [0.25, 0.3) is 10.1 Å². The summed E-state index contributed by atoms with van der Waals surface area (Å²) in [5, 5.41) is 7.10. The van der Waals surface area contributed by atoms with E-state index < -0.39 is 5.97 Å². The minimum atomic E-state index is -0.530. The fraction of sp³-hybridized carbons (Fsp3) is 0.0667. The van der Waals surface area contributed by atoms with Crippen LogP contribution >= 0.6 is 34.3 Å². The van der Waals surface area contributed by atoms with Gasteiger partial charge in [-0.15, -0.1) is 22.7 Å². The quantitative estimate of drug-likeness (QED) is 0.375. The predicted molar refractivity (Wildman–Crippen MR) is 88.8 cm³/mol. The van der Waals surface area contributed by atoms with E-state index in [4.69, 9.17) is 16.4 Å². The summed E-state index contributed by atoms with van der Waals surface area (Å²) in [6, 6.07) is 11.4. The number of nitrogens with zero attached hydrogens (tertiary/aromatic N) is 1. The van der Waals surface area contributed by atoms with Gasteiger partial charge >= 0.3 is 5.97 Å². The van der Waals surface area contributed by atoms with Crippen molar-refractivity contribution >= 4 is 56.0 Å². The van der Waals surface area contributed by atoms with Crippen molar-refractivity contribution < 1.29 is 9.63 Å². The second-order valence-electron chi connectivity index (χ2n) is 4.27. The van der Waals surface area contributed by atoms with Crippen LogP contribution in [0.1, 0.15) is 21.5 Å². The lowest BCUT2D eigenvalue weighted by Crippen LogP contribution is -2.01. The normalized spacial score (nSPS) is 11.8. The molecule has 21 heavy (non-hydrogen) atoms. The lowest BCUT2D eigenvalue weighted by atomic mass is 10.2. The smallest absolute Gasteiger partial charge is 0.312 e. The Hall–Kier alpha value is -1.69. The van der Waals surface area contributed by atoms with E-state index in [2.05, 4.69) is 5.16 Å². The maximum Gasteiger partial charge on any atom is 0.377 e. The zero-order valence-corrected chi connectivity index (χ0v) is 13.4. The van der Waals surface area contributed by atoms with Gasteiger partial charge in [-0.3, -0.25) is 0 Å². The minimum absolute atomic E-state index is 0.376. The average molecular weight is 336 g/mol. The summed E-state index contributed by atoms with van der Waals surface area (Å²) in [4.78, 5) is 18.5. The van der Waals surface area contributed by atoms with Crippen LogP contribution in [0.5, 0.6) is 0 Å². The van der Waals surface area contributed by atoms with Crippen LogP contribution in [-0.4, -0.2) is 11.7 Å². The van der Waals surface area contributed by atoms with Gasteiger partial charge < -0.3 is 4.84 Å². The van der Waals surface area contributed by atoms with Crippen LogP contribution in [0.4, 0.5) is 0 Å². The molecule has 106 valence electrons. The van der Waals surface area contributed by atoms with E-state index in [0.717, 1.165) is 15.0 Å². The highest BCUT2D eigenvalue weighted by Crippen LogP contribution is 2.35. The minimum Gasteiger partial charge on any atom is -0.312 e. The molecule has 0 N–H and O–H groups in total. The van der Waals surface area contributed by atoms with E-state index in [1.165, 1.54) is 22.7 Å². The summed E-state index contributed by atoms with van der Waals surface area (Å²) in [5.74, 6) is -0.530. The van der Waals surface area contributed by atoms with Gasteiger partial charge in [0.1, 0.15) is 4.88 Å². The van der Waals surface area contributed by atoms with E-state index in [0.29, 0.717) is 15.6 Å². The zero-order chi connectivity index (χ0) is 14.8. The van der Waals surface area contributed by atoms with Crippen molar-refractivity contribution in [1.82, 2.24) is 0 Å². The summed E-state index contributed by atoms with van der Waals surface area (Å²) in [7, 11) is 0. The molecule has 0 saturated heterocycles. The molecular formula is C15H10ClNO2S2. The van der Waals surface area contributed by atoms with Crippen molar-refractivity contribution in [1.29, 1.82) is 0 Å². The van der Waals surface area contributed by atoms with Gasteiger partial charge in [-0.2, -0.15) is 0 Å². The molecule has 0 aliphatic carbocycles. The Balaban J connectivity index is 1.84. The van der Waals surface area contributed by atoms with Gasteiger partial charge in [-0.25, -0.2) is 4.79 Å². The van der Waals surface area contributed by atoms with Crippen LogP contribution in [0.15, 0.2) is 46.9 Å². The molecule has 0 radical (unpaired) electrons. The van der Waals surface area contributed by atoms with E-state index in [-0.39, 0.29) is 0 Å². The van der Waals surface area contributed by atoms with Gasteiger partial charge in [-0.1, -0.05) is 41.0 Å². The molecule has 0 fully saturated rings. The van der Waals surface area contributed by atoms with Crippen molar-refractivity contribution in [3.05, 3.63) is 56.6 Å². The SMILES string of the molecule is C/C(=N/OC(=O)c1sc2ccccc2c1Cl)c1cccs1. The highest BCUT2D eigenvalue weighted by atomic mass is 35.5. The second-order valence-corrected chi connectivity index (χ2v) is 6.65. The van der Waals surface area contributed by atoms with Gasteiger partial charge in [0.15, 0.2) is 0 Å². The molecule has 0 unspecified atom stereocenters. The van der Waals surface area contributed by atoms with Crippen molar-refractivity contribution in [2.24, 2.45) is 5.16 Å². The van der Waals surface area contributed by atoms with Crippen LogP contribution in [0, 0.1) is 0 Å². The van der Waals surface area contributed by atoms with Crippen LogP contribution in [0.3, 0.4) is 0 Å². The lowest BCUT2D eigenvalue weighted by molar-refractivity contribution is 0.0522. The average Bonchev–Trinajstić information content (AvgIpc) is 3.13. The molecule has 0 atom stereocenters. The van der Waals surface area contributed by atoms with E-state index >= 15 is 0 Å². The Kier molecular flexibility index (Phi) is 4.05. The summed E-state index contributed by atoms with van der Waals surface area (Å²) in [6.07, 6.45) is 0. The molecule has 6 heteroatoms. The summed E-state index contributed by atoms with van der Waals surface area (Å²) in [6.45, 7) is 1.80. The van der Waals surface area contributed by atoms with Gasteiger partial charge in [0, 0.05) is 10.1 Å². The highest BCUT2D eigenvalue weighted by Gasteiger charge is 2.18. The Labute approximate surface area is 134 Å². The molecule has 0 bridgehead atoms. The van der Waals surface area contributed by atoms with Crippen molar-refractivity contribution in [3.8, 4) is 0 Å². The van der Waals surface area contributed by atoms with Gasteiger partial charge in [0.05, 0.1) is 15.6 Å². The van der Waals surface area contributed by atoms with E-state index in [1.807, 2.05) is 41.8 Å². The number of oxime groups is 1. The molecule has 0 spiro atoms. The Morgan fingerprint density at radius 1 is 1.24 bits per heavy atom. The molecule has 3 aromatic rings. The Morgan fingerprint density at radius 2 is 2.05 bits per heavy atom. The van der Waals surface area contributed by atoms with Crippen molar-refractivity contribution in [2.45, 2.75) is 6.92 Å². The maximum absolute atomic E-state index is 12.1. The van der Waals surface area contributed by atoms with Crippen LogP contribution in [0.2, 0.25) is 5.02 Å². The van der Waals surface area contributed by atoms with Crippen LogP contribution < -0.4 is 0 Å². The molecule has 0 aliphatic heterocycles. The van der Waals surface area contributed by atoms with Crippen LogP contribution in [-0.2, 0) is 4.84 Å². The summed E-state index contributed by atoms with van der Waals surface area (Å²) in [5.41, 5.74) is 0.663. The molecule has 2 heterocycles. The van der Waals surface area contributed by atoms with Crippen molar-refractivity contribution in [3.63, 3.8) is 0 Å². The monoisotopic (exact) mass is 335 g/mol. The lowest BCUT2D eigenvalue weighted by Gasteiger charge is -1.97. The number of hydrogen-bond acceptors (Lipinski definition) is 5. The number of rotatable bonds is 3. The topological polar surface area (TPSA) is 38.7 Å². The van der Waals surface area contributed by atoms with Crippen molar-refractivity contribution in [2.75, 3.05) is 0 Å². The number of fused-ring (bicyclic) bond motifs is 1. The Bertz CT molecular complexity index is 821. The summed E-state index contributed by atoms with van der Waals surface area (Å²) >= 11 is 9.08. The fourth-order valence-electron chi connectivity index (χ4n) is 1.83. The van der Waals surface area contributed by atoms with Gasteiger partial charge in [-0.05, 0) is 24.4 Å². The highest BCUT2D eigenvalue weighted by molar-refractivity contribution is 7.21. The molecule has 3 nitrogen and oxygen atoms in total. The first-order chi connectivity index (χ1) is 10.2. The molecule has 0 aliphatic rings.